The van der Waals surface area contributed by atoms with E-state index >= 15 is 0 Å². The summed E-state index contributed by atoms with van der Waals surface area (Å²) in [6.45, 7) is 1.84. The molecule has 0 aliphatic rings. The van der Waals surface area contributed by atoms with Gasteiger partial charge in [-0.15, -0.1) is 0 Å². The summed E-state index contributed by atoms with van der Waals surface area (Å²) >= 11 is 0. The molecule has 0 unspecified atom stereocenters. The molecule has 0 aromatic heterocycles. The van der Waals surface area contributed by atoms with Gasteiger partial charge in [-0.3, -0.25) is 14.4 Å². The van der Waals surface area contributed by atoms with Crippen molar-refractivity contribution < 1.29 is 19.5 Å². The normalized spacial score (nSPS) is 10.5. The van der Waals surface area contributed by atoms with E-state index in [1.807, 2.05) is 18.2 Å². The van der Waals surface area contributed by atoms with E-state index in [2.05, 4.69) is 5.32 Å². The zero-order valence-corrected chi connectivity index (χ0v) is 13.4. The van der Waals surface area contributed by atoms with Crippen molar-refractivity contribution in [3.63, 3.8) is 0 Å². The van der Waals surface area contributed by atoms with E-state index in [0.29, 0.717) is 12.1 Å². The summed E-state index contributed by atoms with van der Waals surface area (Å²) in [7, 11) is 1.77. The predicted octanol–water partition coefficient (Wildman–Crippen LogP) is 1.77. The number of amides is 2. The standard InChI is InChI=1S/C17H22N2O4/c1-13(20)19(2)10-5-3-4-7-14-8-6-9-15(11-14)17(23)18-12-16(21)22/h4,6-9,11H,3,5,10,12H2,1-2H3,(H,18,23)(H,21,22)/b7-4-. The molecule has 0 saturated carbocycles. The van der Waals surface area contributed by atoms with Crippen LogP contribution in [0.15, 0.2) is 30.3 Å². The Hall–Kier alpha value is -2.63. The average molecular weight is 318 g/mol. The Morgan fingerprint density at radius 1 is 1.30 bits per heavy atom. The van der Waals surface area contributed by atoms with Crippen LogP contribution in [0, 0.1) is 0 Å². The molecule has 0 atom stereocenters. The third-order valence-corrected chi connectivity index (χ3v) is 3.26. The SMILES string of the molecule is CC(=O)N(C)CCC/C=C\c1cccc(C(=O)NCC(=O)O)c1. The van der Waals surface area contributed by atoms with Crippen LogP contribution < -0.4 is 5.32 Å². The maximum atomic E-state index is 11.8. The van der Waals surface area contributed by atoms with E-state index in [1.54, 1.807) is 30.1 Å². The number of hydrogen-bond acceptors (Lipinski definition) is 3. The predicted molar refractivity (Wildman–Crippen MR) is 88.0 cm³/mol. The van der Waals surface area contributed by atoms with Crippen LogP contribution in [0.1, 0.15) is 35.7 Å². The molecule has 0 bridgehead atoms. The Labute approximate surface area is 135 Å². The van der Waals surface area contributed by atoms with Gasteiger partial charge in [0.1, 0.15) is 6.54 Å². The highest BCUT2D eigenvalue weighted by Gasteiger charge is 2.06. The van der Waals surface area contributed by atoms with Crippen molar-refractivity contribution in [1.29, 1.82) is 0 Å². The second-order valence-electron chi connectivity index (χ2n) is 5.19. The zero-order chi connectivity index (χ0) is 17.2. The van der Waals surface area contributed by atoms with Crippen molar-refractivity contribution in [3.05, 3.63) is 41.5 Å². The summed E-state index contributed by atoms with van der Waals surface area (Å²) in [4.78, 5) is 35.0. The van der Waals surface area contributed by atoms with E-state index in [0.717, 1.165) is 18.4 Å². The number of aliphatic carboxylic acids is 1. The summed E-state index contributed by atoms with van der Waals surface area (Å²) in [6.07, 6.45) is 5.59. The third-order valence-electron chi connectivity index (χ3n) is 3.26. The molecule has 1 aromatic carbocycles. The molecule has 124 valence electrons. The fourth-order valence-electron chi connectivity index (χ4n) is 1.86. The molecule has 6 heteroatoms. The van der Waals surface area contributed by atoms with Gasteiger partial charge >= 0.3 is 5.97 Å². The molecule has 0 radical (unpaired) electrons. The number of carbonyl (C=O) groups excluding carboxylic acids is 2. The zero-order valence-electron chi connectivity index (χ0n) is 13.4. The molecule has 2 N–H and O–H groups in total. The molecule has 1 aromatic rings. The number of unbranched alkanes of at least 4 members (excludes halogenated alkanes) is 1. The molecule has 0 aliphatic heterocycles. The Balaban J connectivity index is 2.50. The molecule has 0 fully saturated rings. The Bertz CT molecular complexity index is 596. The summed E-state index contributed by atoms with van der Waals surface area (Å²) in [5.74, 6) is -1.44. The van der Waals surface area contributed by atoms with Crippen molar-refractivity contribution in [2.75, 3.05) is 20.1 Å². The third kappa shape index (κ3) is 7.26. The highest BCUT2D eigenvalue weighted by molar-refractivity contribution is 5.96. The minimum Gasteiger partial charge on any atom is -0.480 e. The van der Waals surface area contributed by atoms with Gasteiger partial charge in [-0.2, -0.15) is 0 Å². The largest absolute Gasteiger partial charge is 0.480 e. The number of nitrogens with zero attached hydrogens (tertiary/aromatic N) is 1. The quantitative estimate of drug-likeness (QED) is 0.715. The first-order valence-corrected chi connectivity index (χ1v) is 7.38. The van der Waals surface area contributed by atoms with Crippen LogP contribution in [0.4, 0.5) is 0 Å². The molecule has 1 rings (SSSR count). The average Bonchev–Trinajstić information content (AvgIpc) is 2.52. The number of carboxylic acids is 1. The lowest BCUT2D eigenvalue weighted by molar-refractivity contribution is -0.135. The van der Waals surface area contributed by atoms with Crippen molar-refractivity contribution in [2.24, 2.45) is 0 Å². The molecule has 0 heterocycles. The van der Waals surface area contributed by atoms with Crippen molar-refractivity contribution in [2.45, 2.75) is 19.8 Å². The lowest BCUT2D eigenvalue weighted by Crippen LogP contribution is -2.29. The van der Waals surface area contributed by atoms with Gasteiger partial charge in [-0.05, 0) is 30.5 Å². The second-order valence-corrected chi connectivity index (χ2v) is 5.19. The van der Waals surface area contributed by atoms with E-state index in [-0.39, 0.29) is 5.91 Å². The minimum atomic E-state index is -1.08. The van der Waals surface area contributed by atoms with E-state index in [4.69, 9.17) is 5.11 Å². The van der Waals surface area contributed by atoms with E-state index in [1.165, 1.54) is 6.92 Å². The molecule has 0 saturated heterocycles. The maximum Gasteiger partial charge on any atom is 0.322 e. The van der Waals surface area contributed by atoms with Gasteiger partial charge in [0.25, 0.3) is 5.91 Å². The Morgan fingerprint density at radius 2 is 2.04 bits per heavy atom. The van der Waals surface area contributed by atoms with Crippen LogP contribution in [-0.4, -0.2) is 47.9 Å². The van der Waals surface area contributed by atoms with Gasteiger partial charge in [0.2, 0.25) is 5.91 Å². The van der Waals surface area contributed by atoms with Gasteiger partial charge in [0, 0.05) is 26.1 Å². The number of allylic oxidation sites excluding steroid dienone is 1. The van der Waals surface area contributed by atoms with Gasteiger partial charge in [0.05, 0.1) is 0 Å². The van der Waals surface area contributed by atoms with Gasteiger partial charge < -0.3 is 15.3 Å². The summed E-state index contributed by atoms with van der Waals surface area (Å²) in [5, 5.41) is 10.9. The summed E-state index contributed by atoms with van der Waals surface area (Å²) in [6, 6.07) is 6.96. The lowest BCUT2D eigenvalue weighted by atomic mass is 10.1. The number of nitrogens with one attached hydrogen (secondary N) is 1. The van der Waals surface area contributed by atoms with Gasteiger partial charge in [-0.25, -0.2) is 0 Å². The maximum absolute atomic E-state index is 11.8. The summed E-state index contributed by atoms with van der Waals surface area (Å²) < 4.78 is 0. The molecule has 2 amide bonds. The van der Waals surface area contributed by atoms with Crippen LogP contribution >= 0.6 is 0 Å². The van der Waals surface area contributed by atoms with Crippen LogP contribution in [-0.2, 0) is 9.59 Å². The first kappa shape index (κ1) is 18.4. The molecular formula is C17H22N2O4. The molecule has 0 spiro atoms. The van der Waals surface area contributed by atoms with Crippen LogP contribution in [0.5, 0.6) is 0 Å². The Morgan fingerprint density at radius 3 is 2.70 bits per heavy atom. The summed E-state index contributed by atoms with van der Waals surface area (Å²) in [5.41, 5.74) is 1.29. The first-order valence-electron chi connectivity index (χ1n) is 7.38. The second kappa shape index (κ2) is 9.40. The molecular weight excluding hydrogens is 296 g/mol. The molecule has 23 heavy (non-hydrogen) atoms. The first-order chi connectivity index (χ1) is 10.9. The Kier molecular flexibility index (Phi) is 7.53. The highest BCUT2D eigenvalue weighted by atomic mass is 16.4. The van der Waals surface area contributed by atoms with E-state index in [9.17, 15) is 14.4 Å². The highest BCUT2D eigenvalue weighted by Crippen LogP contribution is 2.08. The fraction of sp³-hybridized carbons (Fsp3) is 0.353. The van der Waals surface area contributed by atoms with Crippen molar-refractivity contribution >= 4 is 23.9 Å². The van der Waals surface area contributed by atoms with Crippen LogP contribution in [0.25, 0.3) is 6.08 Å². The van der Waals surface area contributed by atoms with Gasteiger partial charge in [0.15, 0.2) is 0 Å². The number of rotatable bonds is 8. The molecule has 6 nitrogen and oxygen atoms in total. The number of benzene rings is 1. The topological polar surface area (TPSA) is 86.7 Å². The monoisotopic (exact) mass is 318 g/mol. The molecule has 0 aliphatic carbocycles. The van der Waals surface area contributed by atoms with Gasteiger partial charge in [-0.1, -0.05) is 24.3 Å². The minimum absolute atomic E-state index is 0.0501. The smallest absolute Gasteiger partial charge is 0.322 e. The van der Waals surface area contributed by atoms with Crippen LogP contribution in [0.3, 0.4) is 0 Å². The number of carbonyl (C=O) groups is 3. The van der Waals surface area contributed by atoms with Crippen LogP contribution in [0.2, 0.25) is 0 Å². The lowest BCUT2D eigenvalue weighted by Gasteiger charge is -2.13. The number of carboxylic acid groups (broad SMARTS) is 1. The fourth-order valence-corrected chi connectivity index (χ4v) is 1.86. The van der Waals surface area contributed by atoms with Crippen molar-refractivity contribution in [1.82, 2.24) is 10.2 Å². The van der Waals surface area contributed by atoms with E-state index < -0.39 is 18.4 Å². The van der Waals surface area contributed by atoms with Crippen molar-refractivity contribution in [3.8, 4) is 0 Å². The number of hydrogen-bond donors (Lipinski definition) is 2.